The van der Waals surface area contributed by atoms with E-state index < -0.39 is 17.9 Å². The number of carbonyl (C=O) groups is 2. The van der Waals surface area contributed by atoms with Gasteiger partial charge in [-0.05, 0) is 20.8 Å². The summed E-state index contributed by atoms with van der Waals surface area (Å²) in [5.41, 5.74) is 6.68. The Bertz CT molecular complexity index is 463. The summed E-state index contributed by atoms with van der Waals surface area (Å²) in [6, 6.07) is -1.41. The van der Waals surface area contributed by atoms with Gasteiger partial charge >= 0.3 is 5.97 Å². The Morgan fingerprint density at radius 2 is 2.00 bits per heavy atom. The lowest BCUT2D eigenvalue weighted by molar-refractivity contribution is -0.146. The molecule has 1 atom stereocenters. The predicted molar refractivity (Wildman–Crippen MR) is 62.5 cm³/mol. The number of aromatic nitrogens is 3. The van der Waals surface area contributed by atoms with Crippen molar-refractivity contribution in [2.45, 2.75) is 26.8 Å². The molecule has 0 fully saturated rings. The molecule has 0 aromatic carbocycles. The fourth-order valence-electron chi connectivity index (χ4n) is 1.04. The minimum Gasteiger partial charge on any atom is -0.464 e. The number of nitrogens with zero attached hydrogens (tertiary/aromatic N) is 3. The third-order valence-electron chi connectivity index (χ3n) is 2.15. The molecule has 1 rings (SSSR count). The molecular weight excluding hydrogens is 238 g/mol. The fourth-order valence-corrected chi connectivity index (χ4v) is 1.04. The van der Waals surface area contributed by atoms with Crippen LogP contribution in [0.25, 0.3) is 0 Å². The van der Waals surface area contributed by atoms with Gasteiger partial charge in [-0.3, -0.25) is 10.1 Å². The number of nitrogens with one attached hydrogen (secondary N) is 1. The molecule has 8 nitrogen and oxygen atoms in total. The average molecular weight is 253 g/mol. The highest BCUT2D eigenvalue weighted by Gasteiger charge is 2.24. The maximum absolute atomic E-state index is 11.6. The van der Waals surface area contributed by atoms with Crippen LogP contribution in [0.5, 0.6) is 0 Å². The Labute approximate surface area is 104 Å². The molecule has 0 aliphatic carbocycles. The van der Waals surface area contributed by atoms with Crippen LogP contribution in [0.1, 0.15) is 18.3 Å². The summed E-state index contributed by atoms with van der Waals surface area (Å²) in [6.45, 7) is 5.25. The van der Waals surface area contributed by atoms with E-state index in [-0.39, 0.29) is 12.6 Å². The molecule has 1 unspecified atom stereocenters. The quantitative estimate of drug-likeness (QED) is 0.538. The van der Waals surface area contributed by atoms with Gasteiger partial charge in [0.2, 0.25) is 5.95 Å². The smallest absolute Gasteiger partial charge is 0.332 e. The monoisotopic (exact) mass is 253 g/mol. The van der Waals surface area contributed by atoms with Gasteiger partial charge in [0.15, 0.2) is 6.04 Å². The molecule has 3 N–H and O–H groups in total. The zero-order valence-electron chi connectivity index (χ0n) is 10.4. The Morgan fingerprint density at radius 3 is 2.56 bits per heavy atom. The van der Waals surface area contributed by atoms with Crippen molar-refractivity contribution in [3.8, 4) is 0 Å². The van der Waals surface area contributed by atoms with E-state index in [0.717, 1.165) is 0 Å². The van der Waals surface area contributed by atoms with E-state index in [2.05, 4.69) is 25.2 Å². The van der Waals surface area contributed by atoms with Gasteiger partial charge in [0.05, 0.1) is 18.0 Å². The molecule has 0 spiro atoms. The molecule has 0 saturated heterocycles. The Balaban J connectivity index is 2.69. The first-order valence-corrected chi connectivity index (χ1v) is 5.36. The number of hydrogen-bond acceptors (Lipinski definition) is 7. The number of ether oxygens (including phenoxy) is 1. The number of amides is 1. The molecule has 0 aliphatic rings. The Morgan fingerprint density at radius 1 is 1.33 bits per heavy atom. The Kier molecular flexibility index (Phi) is 4.67. The molecule has 98 valence electrons. The van der Waals surface area contributed by atoms with Crippen molar-refractivity contribution in [2.24, 2.45) is 5.73 Å². The highest BCUT2D eigenvalue weighted by molar-refractivity contribution is 6.07. The lowest BCUT2D eigenvalue weighted by Gasteiger charge is -2.10. The van der Waals surface area contributed by atoms with Gasteiger partial charge in [-0.15, -0.1) is 5.10 Å². The van der Waals surface area contributed by atoms with E-state index in [1.165, 1.54) is 0 Å². The molecule has 8 heteroatoms. The molecule has 0 bridgehead atoms. The number of rotatable bonds is 4. The lowest BCUT2D eigenvalue weighted by Crippen LogP contribution is -2.43. The van der Waals surface area contributed by atoms with Crippen molar-refractivity contribution in [3.63, 3.8) is 0 Å². The first kappa shape index (κ1) is 14.0. The van der Waals surface area contributed by atoms with Crippen LogP contribution in [0.15, 0.2) is 0 Å². The first-order chi connectivity index (χ1) is 8.45. The summed E-state index contributed by atoms with van der Waals surface area (Å²) in [7, 11) is 0. The van der Waals surface area contributed by atoms with Crippen LogP contribution in [0.4, 0.5) is 5.95 Å². The SMILES string of the molecule is CCOC(=O)C(N)C(=O)Nc1nnc(C)c(C)n1. The van der Waals surface area contributed by atoms with Gasteiger partial charge in [-0.2, -0.15) is 5.10 Å². The highest BCUT2D eigenvalue weighted by atomic mass is 16.5. The van der Waals surface area contributed by atoms with Crippen LogP contribution >= 0.6 is 0 Å². The van der Waals surface area contributed by atoms with Crippen molar-refractivity contribution in [3.05, 3.63) is 11.4 Å². The topological polar surface area (TPSA) is 120 Å². The molecule has 18 heavy (non-hydrogen) atoms. The van der Waals surface area contributed by atoms with Crippen molar-refractivity contribution in [1.82, 2.24) is 15.2 Å². The second-order valence-electron chi connectivity index (χ2n) is 3.53. The van der Waals surface area contributed by atoms with E-state index >= 15 is 0 Å². The van der Waals surface area contributed by atoms with Crippen LogP contribution in [0.3, 0.4) is 0 Å². The minimum atomic E-state index is -1.41. The molecule has 0 radical (unpaired) electrons. The van der Waals surface area contributed by atoms with Crippen LogP contribution in [0, 0.1) is 13.8 Å². The lowest BCUT2D eigenvalue weighted by atomic mass is 10.3. The number of hydrogen-bond donors (Lipinski definition) is 2. The third kappa shape index (κ3) is 3.45. The second-order valence-corrected chi connectivity index (χ2v) is 3.53. The standard InChI is InChI=1S/C10H15N5O3/c1-4-18-9(17)7(11)8(16)13-10-12-5(2)6(3)14-15-10/h7H,4,11H2,1-3H3,(H,12,13,15,16). The van der Waals surface area contributed by atoms with E-state index in [9.17, 15) is 9.59 Å². The first-order valence-electron chi connectivity index (χ1n) is 5.36. The van der Waals surface area contributed by atoms with E-state index in [1.54, 1.807) is 20.8 Å². The number of nitrogens with two attached hydrogens (primary N) is 1. The molecular formula is C10H15N5O3. The van der Waals surface area contributed by atoms with Gasteiger partial charge in [0.1, 0.15) is 0 Å². The van der Waals surface area contributed by atoms with E-state index in [0.29, 0.717) is 11.4 Å². The maximum Gasteiger partial charge on any atom is 0.332 e. The zero-order valence-corrected chi connectivity index (χ0v) is 10.4. The molecule has 1 heterocycles. The summed E-state index contributed by atoms with van der Waals surface area (Å²) in [5.74, 6) is -1.53. The van der Waals surface area contributed by atoms with Gasteiger partial charge in [-0.1, -0.05) is 0 Å². The van der Waals surface area contributed by atoms with Gasteiger partial charge in [0.25, 0.3) is 5.91 Å². The van der Waals surface area contributed by atoms with Crippen molar-refractivity contribution >= 4 is 17.8 Å². The maximum atomic E-state index is 11.6. The van der Waals surface area contributed by atoms with Crippen LogP contribution in [-0.4, -0.2) is 39.7 Å². The van der Waals surface area contributed by atoms with E-state index in [4.69, 9.17) is 5.73 Å². The minimum absolute atomic E-state index is 0.00264. The van der Waals surface area contributed by atoms with Gasteiger partial charge in [-0.25, -0.2) is 9.78 Å². The number of aryl methyl sites for hydroxylation is 2. The predicted octanol–water partition coefficient (Wildman–Crippen LogP) is -0.683. The fraction of sp³-hybridized carbons (Fsp3) is 0.500. The molecule has 0 saturated carbocycles. The number of carbonyl (C=O) groups excluding carboxylic acids is 2. The normalized spacial score (nSPS) is 11.8. The van der Waals surface area contributed by atoms with Crippen molar-refractivity contribution in [2.75, 3.05) is 11.9 Å². The average Bonchev–Trinajstić information content (AvgIpc) is 2.33. The molecule has 0 aliphatic heterocycles. The van der Waals surface area contributed by atoms with E-state index in [1.807, 2.05) is 0 Å². The van der Waals surface area contributed by atoms with Crippen LogP contribution < -0.4 is 11.1 Å². The van der Waals surface area contributed by atoms with Crippen molar-refractivity contribution < 1.29 is 14.3 Å². The van der Waals surface area contributed by atoms with Crippen LogP contribution in [-0.2, 0) is 14.3 Å². The summed E-state index contributed by atoms with van der Waals surface area (Å²) in [6.07, 6.45) is 0. The molecule has 1 aromatic heterocycles. The number of esters is 1. The highest BCUT2D eigenvalue weighted by Crippen LogP contribution is 2.02. The summed E-state index contributed by atoms with van der Waals surface area (Å²) >= 11 is 0. The van der Waals surface area contributed by atoms with Gasteiger partial charge < -0.3 is 10.5 Å². The summed E-state index contributed by atoms with van der Waals surface area (Å²) in [4.78, 5) is 26.8. The Hall–Kier alpha value is -2.09. The zero-order chi connectivity index (χ0) is 13.7. The third-order valence-corrected chi connectivity index (χ3v) is 2.15. The summed E-state index contributed by atoms with van der Waals surface area (Å²) < 4.78 is 4.62. The molecule has 1 aromatic rings. The largest absolute Gasteiger partial charge is 0.464 e. The van der Waals surface area contributed by atoms with Gasteiger partial charge in [0, 0.05) is 0 Å². The molecule has 1 amide bonds. The second kappa shape index (κ2) is 6.01. The summed E-state index contributed by atoms with van der Waals surface area (Å²) in [5, 5.41) is 9.75. The number of anilines is 1. The van der Waals surface area contributed by atoms with Crippen LogP contribution in [0.2, 0.25) is 0 Å². The van der Waals surface area contributed by atoms with Crippen molar-refractivity contribution in [1.29, 1.82) is 0 Å².